The third-order valence-corrected chi connectivity index (χ3v) is 7.27. The molecule has 5 aromatic rings. The lowest BCUT2D eigenvalue weighted by Gasteiger charge is -2.22. The number of nitrogens with zero attached hydrogens (tertiary/aromatic N) is 2. The number of benzene rings is 3. The van der Waals surface area contributed by atoms with Gasteiger partial charge in [-0.3, -0.25) is 14.6 Å². The molecule has 6 rings (SSSR count). The van der Waals surface area contributed by atoms with E-state index in [0.717, 1.165) is 61.8 Å². The highest BCUT2D eigenvalue weighted by Crippen LogP contribution is 2.42. The van der Waals surface area contributed by atoms with Crippen molar-refractivity contribution >= 4 is 27.8 Å². The standard InChI is InChI=1S/C31H26N2O5/c1-18-14-25-22(7-9-27(34)33(25)17-19-4-3-5-21(15-19)37-2)30(24(18)16-28(35)36)23-6-8-26-29-20(11-13-38-26)10-12-32-31(23)29/h3-10,12,14-15H,11,13,16-17H2,1-2H3,(H,35,36). The second-order valence-corrected chi connectivity index (χ2v) is 9.56. The van der Waals surface area contributed by atoms with Gasteiger partial charge in [0.05, 0.1) is 37.7 Å². The molecule has 0 atom stereocenters. The SMILES string of the molecule is COc1cccc(Cn2c(=O)ccc3c(-c4ccc5c6c(ccnc46)CCO5)c(CC(=O)O)c(C)cc32)c1. The molecule has 1 aliphatic heterocycles. The first-order valence-electron chi connectivity index (χ1n) is 12.5. The van der Waals surface area contributed by atoms with Crippen molar-refractivity contribution in [3.63, 3.8) is 0 Å². The molecule has 0 fully saturated rings. The van der Waals surface area contributed by atoms with Gasteiger partial charge in [-0.25, -0.2) is 0 Å². The van der Waals surface area contributed by atoms with Crippen LogP contribution in [-0.4, -0.2) is 34.3 Å². The first-order chi connectivity index (χ1) is 18.4. The average molecular weight is 507 g/mol. The van der Waals surface area contributed by atoms with E-state index in [1.807, 2.05) is 55.5 Å². The van der Waals surface area contributed by atoms with Gasteiger partial charge in [0.15, 0.2) is 0 Å². The quantitative estimate of drug-likeness (QED) is 0.343. The molecular formula is C31H26N2O5. The summed E-state index contributed by atoms with van der Waals surface area (Å²) in [7, 11) is 1.61. The van der Waals surface area contributed by atoms with Crippen LogP contribution in [0.15, 0.2) is 71.7 Å². The molecule has 7 heteroatoms. The molecule has 0 radical (unpaired) electrons. The molecule has 1 N–H and O–H groups in total. The lowest BCUT2D eigenvalue weighted by Crippen LogP contribution is -2.20. The molecule has 38 heavy (non-hydrogen) atoms. The maximum Gasteiger partial charge on any atom is 0.307 e. The Hall–Kier alpha value is -4.65. The first-order valence-corrected chi connectivity index (χ1v) is 12.5. The van der Waals surface area contributed by atoms with E-state index < -0.39 is 5.97 Å². The molecule has 0 aliphatic carbocycles. The predicted molar refractivity (Wildman–Crippen MR) is 146 cm³/mol. The Balaban J connectivity index is 1.67. The number of methoxy groups -OCH3 is 1. The molecule has 0 saturated heterocycles. The third kappa shape index (κ3) is 3.96. The number of aliphatic carboxylic acids is 1. The number of hydrogen-bond donors (Lipinski definition) is 1. The summed E-state index contributed by atoms with van der Waals surface area (Å²) in [6.45, 7) is 2.86. The summed E-state index contributed by atoms with van der Waals surface area (Å²) in [5.74, 6) is 0.579. The number of rotatable bonds is 6. The summed E-state index contributed by atoms with van der Waals surface area (Å²) in [5.41, 5.74) is 6.56. The lowest BCUT2D eigenvalue weighted by molar-refractivity contribution is -0.136. The van der Waals surface area contributed by atoms with Crippen LogP contribution in [0.3, 0.4) is 0 Å². The van der Waals surface area contributed by atoms with Crippen LogP contribution in [0.25, 0.3) is 32.9 Å². The molecule has 0 saturated carbocycles. The summed E-state index contributed by atoms with van der Waals surface area (Å²) >= 11 is 0. The second-order valence-electron chi connectivity index (χ2n) is 9.56. The Bertz CT molecular complexity index is 1790. The van der Waals surface area contributed by atoms with Gasteiger partial charge in [-0.2, -0.15) is 0 Å². The number of ether oxygens (including phenoxy) is 2. The number of hydrogen-bond acceptors (Lipinski definition) is 5. The maximum atomic E-state index is 13.2. The Kier molecular flexibility index (Phi) is 5.83. The Morgan fingerprint density at radius 2 is 2.00 bits per heavy atom. The minimum atomic E-state index is -0.919. The monoisotopic (exact) mass is 506 g/mol. The molecule has 190 valence electrons. The third-order valence-electron chi connectivity index (χ3n) is 7.27. The number of aryl methyl sites for hydroxylation is 1. The van der Waals surface area contributed by atoms with Crippen LogP contribution in [0.4, 0.5) is 0 Å². The number of fused-ring (bicyclic) bond motifs is 1. The summed E-state index contributed by atoms with van der Waals surface area (Å²) in [4.78, 5) is 29.9. The fourth-order valence-electron chi connectivity index (χ4n) is 5.52. The largest absolute Gasteiger partial charge is 0.497 e. The van der Waals surface area contributed by atoms with Crippen molar-refractivity contribution in [2.24, 2.45) is 0 Å². The Labute approximate surface area is 218 Å². The molecule has 0 spiro atoms. The molecule has 0 unspecified atom stereocenters. The van der Waals surface area contributed by atoms with Crippen molar-refractivity contribution in [1.29, 1.82) is 0 Å². The molecule has 0 amide bonds. The van der Waals surface area contributed by atoms with E-state index in [1.165, 1.54) is 0 Å². The van der Waals surface area contributed by atoms with Crippen LogP contribution >= 0.6 is 0 Å². The highest BCUT2D eigenvalue weighted by atomic mass is 16.5. The molecule has 3 aromatic carbocycles. The van der Waals surface area contributed by atoms with E-state index in [4.69, 9.17) is 14.5 Å². The van der Waals surface area contributed by atoms with Crippen molar-refractivity contribution in [3.8, 4) is 22.6 Å². The fraction of sp³-hybridized carbons (Fsp3) is 0.194. The summed E-state index contributed by atoms with van der Waals surface area (Å²) < 4.78 is 13.0. The summed E-state index contributed by atoms with van der Waals surface area (Å²) in [6.07, 6.45) is 2.43. The van der Waals surface area contributed by atoms with Crippen molar-refractivity contribution in [3.05, 3.63) is 99.5 Å². The first kappa shape index (κ1) is 23.7. The highest BCUT2D eigenvalue weighted by Gasteiger charge is 2.23. The number of aromatic nitrogens is 2. The van der Waals surface area contributed by atoms with Gasteiger partial charge in [-0.1, -0.05) is 12.1 Å². The number of carboxylic acid groups (broad SMARTS) is 1. The van der Waals surface area contributed by atoms with Crippen molar-refractivity contribution in [2.75, 3.05) is 13.7 Å². The maximum absolute atomic E-state index is 13.2. The van der Waals surface area contributed by atoms with Gasteiger partial charge in [-0.15, -0.1) is 0 Å². The Morgan fingerprint density at radius 3 is 2.82 bits per heavy atom. The van der Waals surface area contributed by atoms with E-state index in [-0.39, 0.29) is 12.0 Å². The van der Waals surface area contributed by atoms with Crippen LogP contribution in [0, 0.1) is 6.92 Å². The zero-order chi connectivity index (χ0) is 26.4. The van der Waals surface area contributed by atoms with Gasteiger partial charge in [0, 0.05) is 35.0 Å². The van der Waals surface area contributed by atoms with Crippen LogP contribution in [0.5, 0.6) is 11.5 Å². The number of carbonyl (C=O) groups is 1. The van der Waals surface area contributed by atoms with Crippen LogP contribution in [0.2, 0.25) is 0 Å². The zero-order valence-electron chi connectivity index (χ0n) is 21.2. The van der Waals surface area contributed by atoms with Gasteiger partial charge < -0.3 is 19.1 Å². The van der Waals surface area contributed by atoms with Crippen molar-refractivity contribution in [1.82, 2.24) is 9.55 Å². The molecular weight excluding hydrogens is 480 g/mol. The van der Waals surface area contributed by atoms with Crippen molar-refractivity contribution < 1.29 is 19.4 Å². The highest BCUT2D eigenvalue weighted by molar-refractivity contribution is 6.08. The van der Waals surface area contributed by atoms with Gasteiger partial charge >= 0.3 is 5.97 Å². The van der Waals surface area contributed by atoms with Crippen LogP contribution in [-0.2, 0) is 24.2 Å². The van der Waals surface area contributed by atoms with E-state index in [1.54, 1.807) is 30.0 Å². The molecule has 2 aromatic heterocycles. The number of pyridine rings is 2. The minimum Gasteiger partial charge on any atom is -0.497 e. The summed E-state index contributed by atoms with van der Waals surface area (Å²) in [5, 5.41) is 11.6. The lowest BCUT2D eigenvalue weighted by atomic mass is 9.87. The predicted octanol–water partition coefficient (Wildman–Crippen LogP) is 5.14. The second kappa shape index (κ2) is 9.34. The average Bonchev–Trinajstić information content (AvgIpc) is 2.92. The van der Waals surface area contributed by atoms with E-state index in [2.05, 4.69) is 0 Å². The Morgan fingerprint density at radius 1 is 1.13 bits per heavy atom. The van der Waals surface area contributed by atoms with Gasteiger partial charge in [0.1, 0.15) is 11.5 Å². The smallest absolute Gasteiger partial charge is 0.307 e. The van der Waals surface area contributed by atoms with Crippen molar-refractivity contribution in [2.45, 2.75) is 26.3 Å². The van der Waals surface area contributed by atoms with E-state index in [9.17, 15) is 14.7 Å². The molecule has 1 aliphatic rings. The summed E-state index contributed by atoms with van der Waals surface area (Å²) in [6, 6.07) is 18.8. The molecule has 7 nitrogen and oxygen atoms in total. The van der Waals surface area contributed by atoms with Crippen LogP contribution < -0.4 is 15.0 Å². The van der Waals surface area contributed by atoms with Gasteiger partial charge in [0.2, 0.25) is 0 Å². The molecule has 3 heterocycles. The minimum absolute atomic E-state index is 0.139. The normalized spacial score (nSPS) is 12.5. The molecule has 0 bridgehead atoms. The van der Waals surface area contributed by atoms with Crippen LogP contribution in [0.1, 0.15) is 22.3 Å². The van der Waals surface area contributed by atoms with E-state index >= 15 is 0 Å². The van der Waals surface area contributed by atoms with E-state index in [0.29, 0.717) is 24.5 Å². The zero-order valence-corrected chi connectivity index (χ0v) is 21.2. The van der Waals surface area contributed by atoms with Gasteiger partial charge in [-0.05, 0) is 77.2 Å². The topological polar surface area (TPSA) is 90.7 Å². The number of carboxylic acids is 1. The van der Waals surface area contributed by atoms with Gasteiger partial charge in [0.25, 0.3) is 5.56 Å². The fourth-order valence-corrected chi connectivity index (χ4v) is 5.52.